The first-order chi connectivity index (χ1) is 14.1. The van der Waals surface area contributed by atoms with Crippen LogP contribution in [0.2, 0.25) is 0 Å². The molecule has 1 saturated heterocycles. The number of nitrogens with zero attached hydrogens (tertiary/aromatic N) is 1. The van der Waals surface area contributed by atoms with E-state index in [2.05, 4.69) is 5.32 Å². The SMILES string of the molecule is COc1ccc(OC(=O)N2CCNCC2)c2c1C(=O)/C(=C/c1cccc(O)c1)S2. The standard InChI is InChI=1S/C21H20N2O5S/c1-27-15-5-6-16(28-21(26)23-9-7-22-8-10-23)20-18(15)19(25)17(29-20)12-13-3-2-4-14(24)11-13/h2-6,11-12,22,24H,7-10H2,1H3/b17-12-. The Bertz CT molecular complexity index is 999. The molecule has 0 radical (unpaired) electrons. The summed E-state index contributed by atoms with van der Waals surface area (Å²) in [5, 5.41) is 12.9. The van der Waals surface area contributed by atoms with Gasteiger partial charge in [0.15, 0.2) is 0 Å². The number of aromatic hydroxyl groups is 1. The zero-order valence-electron chi connectivity index (χ0n) is 15.8. The van der Waals surface area contributed by atoms with Crippen LogP contribution in [0.15, 0.2) is 46.2 Å². The van der Waals surface area contributed by atoms with E-state index in [1.807, 2.05) is 0 Å². The number of rotatable bonds is 3. The maximum absolute atomic E-state index is 13.0. The van der Waals surface area contributed by atoms with Crippen LogP contribution in [0.1, 0.15) is 15.9 Å². The molecule has 2 aliphatic heterocycles. The summed E-state index contributed by atoms with van der Waals surface area (Å²) in [5.74, 6) is 0.682. The summed E-state index contributed by atoms with van der Waals surface area (Å²) < 4.78 is 11.0. The van der Waals surface area contributed by atoms with Crippen LogP contribution in [0.5, 0.6) is 17.2 Å². The summed E-state index contributed by atoms with van der Waals surface area (Å²) in [7, 11) is 1.50. The highest BCUT2D eigenvalue weighted by atomic mass is 32.2. The minimum absolute atomic E-state index is 0.121. The van der Waals surface area contributed by atoms with Gasteiger partial charge in [0.25, 0.3) is 0 Å². The number of methoxy groups -OCH3 is 1. The highest BCUT2D eigenvalue weighted by Gasteiger charge is 2.33. The van der Waals surface area contributed by atoms with Crippen LogP contribution in [0.4, 0.5) is 4.79 Å². The van der Waals surface area contributed by atoms with Crippen LogP contribution in [0.3, 0.4) is 0 Å². The summed E-state index contributed by atoms with van der Waals surface area (Å²) in [5.41, 5.74) is 1.08. The summed E-state index contributed by atoms with van der Waals surface area (Å²) >= 11 is 1.23. The van der Waals surface area contributed by atoms with E-state index in [1.165, 1.54) is 18.9 Å². The molecule has 2 N–H and O–H groups in total. The molecule has 2 aromatic carbocycles. The van der Waals surface area contributed by atoms with Gasteiger partial charge in [0.1, 0.15) is 17.2 Å². The Morgan fingerprint density at radius 3 is 2.69 bits per heavy atom. The Hall–Kier alpha value is -2.97. The second kappa shape index (κ2) is 8.18. The number of carbonyl (C=O) groups excluding carboxylic acids is 2. The van der Waals surface area contributed by atoms with Crippen molar-refractivity contribution in [2.24, 2.45) is 0 Å². The normalized spacial score (nSPS) is 17.3. The van der Waals surface area contributed by atoms with Crippen molar-refractivity contribution >= 4 is 29.7 Å². The lowest BCUT2D eigenvalue weighted by molar-refractivity contribution is 0.104. The van der Waals surface area contributed by atoms with Gasteiger partial charge in [0, 0.05) is 26.2 Å². The molecule has 1 amide bonds. The van der Waals surface area contributed by atoms with Gasteiger partial charge in [-0.2, -0.15) is 0 Å². The van der Waals surface area contributed by atoms with E-state index in [-0.39, 0.29) is 11.5 Å². The lowest BCUT2D eigenvalue weighted by atomic mass is 10.1. The Morgan fingerprint density at radius 1 is 1.21 bits per heavy atom. The number of hydrogen-bond donors (Lipinski definition) is 2. The molecule has 0 aliphatic carbocycles. The number of Topliss-reactive ketones (excluding diaryl/α,β-unsaturated/α-hetero) is 1. The molecular formula is C21H20N2O5S. The van der Waals surface area contributed by atoms with Gasteiger partial charge < -0.3 is 24.8 Å². The molecular weight excluding hydrogens is 392 g/mol. The van der Waals surface area contributed by atoms with Gasteiger partial charge in [-0.05, 0) is 35.9 Å². The average Bonchev–Trinajstić information content (AvgIpc) is 3.06. The molecule has 0 aromatic heterocycles. The van der Waals surface area contributed by atoms with Crippen molar-refractivity contribution in [3.63, 3.8) is 0 Å². The van der Waals surface area contributed by atoms with E-state index < -0.39 is 6.09 Å². The van der Waals surface area contributed by atoms with E-state index in [1.54, 1.807) is 47.4 Å². The maximum Gasteiger partial charge on any atom is 0.415 e. The van der Waals surface area contributed by atoms with Gasteiger partial charge in [-0.15, -0.1) is 0 Å². The van der Waals surface area contributed by atoms with Crippen molar-refractivity contribution in [1.29, 1.82) is 0 Å². The number of fused-ring (bicyclic) bond motifs is 1. The predicted molar refractivity (Wildman–Crippen MR) is 110 cm³/mol. The Kier molecular flexibility index (Phi) is 5.46. The van der Waals surface area contributed by atoms with Crippen LogP contribution in [-0.2, 0) is 0 Å². The summed E-state index contributed by atoms with van der Waals surface area (Å²) in [6.07, 6.45) is 1.27. The second-order valence-electron chi connectivity index (χ2n) is 6.61. The lowest BCUT2D eigenvalue weighted by Gasteiger charge is -2.26. The number of thioether (sulfide) groups is 1. The third-order valence-corrected chi connectivity index (χ3v) is 5.84. The van der Waals surface area contributed by atoms with Gasteiger partial charge >= 0.3 is 6.09 Å². The fourth-order valence-corrected chi connectivity index (χ4v) is 4.37. The Balaban J connectivity index is 1.65. The van der Waals surface area contributed by atoms with E-state index in [9.17, 15) is 14.7 Å². The van der Waals surface area contributed by atoms with E-state index >= 15 is 0 Å². The number of benzene rings is 2. The molecule has 4 rings (SSSR count). The molecule has 2 aliphatic rings. The minimum atomic E-state index is -0.433. The Labute approximate surface area is 172 Å². The molecule has 0 saturated carbocycles. The molecule has 150 valence electrons. The third kappa shape index (κ3) is 3.94. The first-order valence-corrected chi connectivity index (χ1v) is 10.00. The van der Waals surface area contributed by atoms with Gasteiger partial charge in [-0.1, -0.05) is 23.9 Å². The first kappa shape index (κ1) is 19.4. The van der Waals surface area contributed by atoms with E-state index in [0.29, 0.717) is 45.5 Å². The van der Waals surface area contributed by atoms with Gasteiger partial charge in [0.2, 0.25) is 5.78 Å². The highest BCUT2D eigenvalue weighted by molar-refractivity contribution is 8.05. The highest BCUT2D eigenvalue weighted by Crippen LogP contribution is 2.49. The summed E-state index contributed by atoms with van der Waals surface area (Å²) in [6, 6.07) is 9.93. The molecule has 2 aromatic rings. The molecule has 8 heteroatoms. The predicted octanol–water partition coefficient (Wildman–Crippen LogP) is 3.13. The van der Waals surface area contributed by atoms with Crippen LogP contribution < -0.4 is 14.8 Å². The fraction of sp³-hybridized carbons (Fsp3) is 0.238. The van der Waals surface area contributed by atoms with Crippen molar-refractivity contribution in [2.75, 3.05) is 33.3 Å². The van der Waals surface area contributed by atoms with Crippen LogP contribution in [0, 0.1) is 0 Å². The van der Waals surface area contributed by atoms with Crippen molar-refractivity contribution in [3.8, 4) is 17.2 Å². The molecule has 0 bridgehead atoms. The fourth-order valence-electron chi connectivity index (χ4n) is 3.26. The number of nitrogens with one attached hydrogen (secondary N) is 1. The number of phenolic OH excluding ortho intramolecular Hbond substituents is 1. The number of carbonyl (C=O) groups is 2. The number of ketones is 1. The van der Waals surface area contributed by atoms with Crippen LogP contribution >= 0.6 is 11.8 Å². The zero-order chi connectivity index (χ0) is 20.4. The third-order valence-electron chi connectivity index (χ3n) is 4.71. The minimum Gasteiger partial charge on any atom is -0.508 e. The maximum atomic E-state index is 13.0. The second-order valence-corrected chi connectivity index (χ2v) is 7.66. The zero-order valence-corrected chi connectivity index (χ0v) is 16.6. The molecule has 1 fully saturated rings. The van der Waals surface area contributed by atoms with Crippen molar-refractivity contribution in [1.82, 2.24) is 10.2 Å². The van der Waals surface area contributed by atoms with E-state index in [0.717, 1.165) is 13.1 Å². The van der Waals surface area contributed by atoms with Crippen molar-refractivity contribution in [2.45, 2.75) is 4.90 Å². The molecule has 0 unspecified atom stereocenters. The number of phenols is 1. The molecule has 29 heavy (non-hydrogen) atoms. The summed E-state index contributed by atoms with van der Waals surface area (Å²) in [4.78, 5) is 28.2. The van der Waals surface area contributed by atoms with Gasteiger partial charge in [-0.3, -0.25) is 4.79 Å². The molecule has 0 atom stereocenters. The first-order valence-electron chi connectivity index (χ1n) is 9.18. The number of hydrogen-bond acceptors (Lipinski definition) is 7. The monoisotopic (exact) mass is 412 g/mol. The van der Waals surface area contributed by atoms with E-state index in [4.69, 9.17) is 9.47 Å². The van der Waals surface area contributed by atoms with Crippen molar-refractivity contribution < 1.29 is 24.2 Å². The van der Waals surface area contributed by atoms with Crippen LogP contribution in [0.25, 0.3) is 6.08 Å². The quantitative estimate of drug-likeness (QED) is 0.749. The lowest BCUT2D eigenvalue weighted by Crippen LogP contribution is -2.47. The van der Waals surface area contributed by atoms with Crippen LogP contribution in [-0.4, -0.2) is 55.2 Å². The van der Waals surface area contributed by atoms with Gasteiger partial charge in [-0.25, -0.2) is 4.79 Å². The smallest absolute Gasteiger partial charge is 0.415 e. The number of piperazine rings is 1. The number of ether oxygens (including phenoxy) is 2. The Morgan fingerprint density at radius 2 is 1.97 bits per heavy atom. The number of allylic oxidation sites excluding steroid dienone is 1. The molecule has 0 spiro atoms. The largest absolute Gasteiger partial charge is 0.508 e. The molecule has 7 nitrogen and oxygen atoms in total. The molecule has 2 heterocycles. The number of amides is 1. The summed E-state index contributed by atoms with van der Waals surface area (Å²) in [6.45, 7) is 2.59. The topological polar surface area (TPSA) is 88.1 Å². The average molecular weight is 412 g/mol. The van der Waals surface area contributed by atoms with Crippen molar-refractivity contribution in [3.05, 3.63) is 52.4 Å². The van der Waals surface area contributed by atoms with Gasteiger partial charge in [0.05, 0.1) is 22.5 Å².